The lowest BCUT2D eigenvalue weighted by Crippen LogP contribution is -2.26. The van der Waals surface area contributed by atoms with Gasteiger partial charge in [-0.3, -0.25) is 0 Å². The zero-order valence-corrected chi connectivity index (χ0v) is 47.9. The number of hydrazine groups is 3. The van der Waals surface area contributed by atoms with Crippen LogP contribution in [0.15, 0.2) is 185 Å². The molecule has 440 valence electrons. The second-order valence-electron chi connectivity index (χ2n) is 19.4. The topological polar surface area (TPSA) is 301 Å². The van der Waals surface area contributed by atoms with E-state index in [1.54, 1.807) is 18.2 Å². The maximum absolute atomic E-state index is 13.4. The van der Waals surface area contributed by atoms with Gasteiger partial charge in [0.1, 0.15) is 73.6 Å². The largest absolute Gasteiger partial charge is 0.822 e. The number of aryl methyl sites for hydroxylation is 3. The lowest BCUT2D eigenvalue weighted by atomic mass is 10.1. The van der Waals surface area contributed by atoms with Crippen LogP contribution in [0.2, 0.25) is 0 Å². The minimum absolute atomic E-state index is 0.0159. The first-order valence-corrected chi connectivity index (χ1v) is 27.7. The number of fused-ring (bicyclic) bond motifs is 3. The third kappa shape index (κ3) is 16.4. The molecule has 6 N–H and O–H groups in total. The minimum atomic E-state index is -5.39. The zero-order valence-electron chi connectivity index (χ0n) is 47.0. The summed E-state index contributed by atoms with van der Waals surface area (Å²) >= 11 is 0. The van der Waals surface area contributed by atoms with Gasteiger partial charge < -0.3 is 35.5 Å². The van der Waals surface area contributed by atoms with Crippen LogP contribution in [0, 0.1) is 17.5 Å². The Kier molecular flexibility index (Phi) is 19.4. The highest BCUT2D eigenvalue weighted by atomic mass is 31.2. The highest BCUT2D eigenvalue weighted by Crippen LogP contribution is 2.24. The van der Waals surface area contributed by atoms with Crippen LogP contribution < -0.4 is 60.9 Å². The van der Waals surface area contributed by atoms with E-state index in [-0.39, 0.29) is 35.6 Å². The normalized spacial score (nSPS) is 12.2. The fraction of sp³-hybridized carbons (Fsp3) is 0.158. The third-order valence-corrected chi connectivity index (χ3v) is 12.9. The van der Waals surface area contributed by atoms with Gasteiger partial charge in [0, 0.05) is 89.3 Å². The summed E-state index contributed by atoms with van der Waals surface area (Å²) in [4.78, 5) is 64.2. The van der Waals surface area contributed by atoms with E-state index in [4.69, 9.17) is 19.2 Å². The molecule has 9 aromatic heterocycles. The monoisotopic (exact) mass is 1190 g/mol. The molecule has 9 heterocycles. The minimum Gasteiger partial charge on any atom is -0.822 e. The quantitative estimate of drug-likeness (QED) is 0.0466. The molecule has 25 nitrogen and oxygen atoms in total. The summed E-state index contributed by atoms with van der Waals surface area (Å²) in [6, 6.07) is 25.2. The Morgan fingerprint density at radius 2 is 0.709 bits per heavy atom. The third-order valence-electron chi connectivity index (χ3n) is 12.9. The van der Waals surface area contributed by atoms with Crippen LogP contribution in [-0.4, -0.2) is 58.6 Å². The Bertz CT molecular complexity index is 3840. The van der Waals surface area contributed by atoms with Crippen LogP contribution in [0.3, 0.4) is 0 Å². The van der Waals surface area contributed by atoms with Crippen molar-refractivity contribution < 1.29 is 46.1 Å². The predicted molar refractivity (Wildman–Crippen MR) is 306 cm³/mol. The van der Waals surface area contributed by atoms with Crippen molar-refractivity contribution >= 4 is 58.0 Å². The van der Waals surface area contributed by atoms with Crippen molar-refractivity contribution in [3.8, 4) is 17.5 Å². The summed E-state index contributed by atoms with van der Waals surface area (Å²) in [5.41, 5.74) is 23.6. The summed E-state index contributed by atoms with van der Waals surface area (Å²) in [7, 11) is 0.509. The molecule has 0 amide bonds. The molecule has 0 fully saturated rings. The Hall–Kier alpha value is -10.1. The van der Waals surface area contributed by atoms with Gasteiger partial charge in [-0.25, -0.2) is 88.0 Å². The van der Waals surface area contributed by atoms with Gasteiger partial charge in [-0.05, 0) is 92.1 Å². The fourth-order valence-corrected chi connectivity index (χ4v) is 8.35. The van der Waals surface area contributed by atoms with Crippen molar-refractivity contribution in [2.45, 2.75) is 38.9 Å². The number of halogens is 3. The molecule has 0 aliphatic carbocycles. The summed E-state index contributed by atoms with van der Waals surface area (Å²) in [6.45, 7) is 6.05. The Morgan fingerprint density at radius 3 is 0.942 bits per heavy atom. The van der Waals surface area contributed by atoms with Gasteiger partial charge in [-0.2, -0.15) is 21.5 Å². The number of aromatic nitrogens is 15. The summed E-state index contributed by atoms with van der Waals surface area (Å²) < 4.78 is 60.3. The van der Waals surface area contributed by atoms with E-state index in [1.807, 2.05) is 180 Å². The molecule has 0 spiro atoms. The van der Waals surface area contributed by atoms with Gasteiger partial charge in [-0.15, -0.1) is 0 Å². The second kappa shape index (κ2) is 27.6. The van der Waals surface area contributed by atoms with E-state index < -0.39 is 7.82 Å². The fourth-order valence-electron chi connectivity index (χ4n) is 8.35. The SMILES string of the molecule is CC(NNc1ncnc2cc(F)ccc12)c1ccc(-n2cc[n+](C)c2)nc1.CC(NNc1ncnc2cc(F)ccc12)c1ccc(-n2cc[n+](C)c2)nc1.CC(NNc1ncnc2cc(F)ccc12)c1ccc(-n2cc[n+](C)c2)nc1.O=P([O-])([O-])[O-]. The molecule has 3 atom stereocenters. The summed E-state index contributed by atoms with van der Waals surface area (Å²) in [5.74, 6) is 3.36. The Balaban J connectivity index is 0.000000148. The van der Waals surface area contributed by atoms with Gasteiger partial charge in [0.05, 0.1) is 37.7 Å². The van der Waals surface area contributed by atoms with Crippen molar-refractivity contribution in [3.05, 3.63) is 219 Å². The number of hydrogen-bond acceptors (Lipinski definition) is 19. The average molecular weight is 1190 g/mol. The molecule has 0 aliphatic rings. The summed E-state index contributed by atoms with van der Waals surface area (Å²) in [6.07, 6.45) is 27.3. The molecule has 86 heavy (non-hydrogen) atoms. The smallest absolute Gasteiger partial charge is 0.250 e. The molecule has 0 bridgehead atoms. The van der Waals surface area contributed by atoms with Crippen LogP contribution in [0.4, 0.5) is 30.6 Å². The van der Waals surface area contributed by atoms with Crippen molar-refractivity contribution in [1.29, 1.82) is 0 Å². The molecule has 0 radical (unpaired) electrons. The standard InChI is InChI=1S/3C19H19FN7.H3O4P/c3*1-13(14-3-6-18(21-10-14)27-8-7-26(2)12-27)24-25-19-16-5-4-15(20)9-17(16)22-11-23-19;1-5(2,3)4/h3*3-13,24H,1-2H3,(H,22,23,25);(H3,1,2,3,4)/q3*+1;/p-3. The number of rotatable bonds is 15. The van der Waals surface area contributed by atoms with Gasteiger partial charge in [0.2, 0.25) is 36.4 Å². The number of imidazole rings is 3. The van der Waals surface area contributed by atoms with Crippen LogP contribution in [0.1, 0.15) is 55.6 Å². The van der Waals surface area contributed by atoms with Gasteiger partial charge >= 0.3 is 0 Å². The lowest BCUT2D eigenvalue weighted by molar-refractivity contribution is -0.670. The lowest BCUT2D eigenvalue weighted by Gasteiger charge is -2.36. The van der Waals surface area contributed by atoms with Crippen LogP contribution in [0.25, 0.3) is 50.2 Å². The maximum Gasteiger partial charge on any atom is 0.250 e. The van der Waals surface area contributed by atoms with E-state index in [9.17, 15) is 13.2 Å². The molecule has 29 heteroatoms. The second-order valence-corrected chi connectivity index (χ2v) is 20.3. The van der Waals surface area contributed by atoms with E-state index >= 15 is 0 Å². The van der Waals surface area contributed by atoms with Gasteiger partial charge in [0.15, 0.2) is 17.5 Å². The summed E-state index contributed by atoms with van der Waals surface area (Å²) in [5, 5.41) is 2.23. The van der Waals surface area contributed by atoms with Crippen molar-refractivity contribution in [1.82, 2.24) is 74.8 Å². The Morgan fingerprint density at radius 1 is 0.430 bits per heavy atom. The molecular weight excluding hydrogens is 1130 g/mol. The molecule has 0 saturated carbocycles. The number of benzene rings is 3. The van der Waals surface area contributed by atoms with Crippen LogP contribution in [0.5, 0.6) is 0 Å². The highest BCUT2D eigenvalue weighted by Gasteiger charge is 2.15. The number of phosphoric acid groups is 1. The Labute approximate surface area is 489 Å². The first-order valence-electron chi connectivity index (χ1n) is 26.3. The van der Waals surface area contributed by atoms with E-state index in [2.05, 4.69) is 77.4 Å². The molecule has 12 rings (SSSR count). The highest BCUT2D eigenvalue weighted by molar-refractivity contribution is 7.40. The maximum atomic E-state index is 13.4. The first-order chi connectivity index (χ1) is 41.3. The van der Waals surface area contributed by atoms with E-state index in [0.29, 0.717) is 34.0 Å². The molecule has 12 aromatic rings. The van der Waals surface area contributed by atoms with Crippen molar-refractivity contribution in [2.75, 3.05) is 16.3 Å². The predicted octanol–water partition coefficient (Wildman–Crippen LogP) is 4.55. The van der Waals surface area contributed by atoms with Crippen molar-refractivity contribution in [2.24, 2.45) is 21.1 Å². The van der Waals surface area contributed by atoms with Gasteiger partial charge in [-0.1, -0.05) is 0 Å². The van der Waals surface area contributed by atoms with Crippen molar-refractivity contribution in [3.63, 3.8) is 0 Å². The van der Waals surface area contributed by atoms with E-state index in [1.165, 1.54) is 55.4 Å². The number of pyridine rings is 3. The number of nitrogens with one attached hydrogen (secondary N) is 6. The molecule has 0 aliphatic heterocycles. The molecule has 3 unspecified atom stereocenters. The number of hydrogen-bond donors (Lipinski definition) is 6. The first kappa shape index (κ1) is 60.5. The molecule has 0 saturated heterocycles. The van der Waals surface area contributed by atoms with Crippen LogP contribution in [-0.2, 0) is 25.7 Å². The average Bonchev–Trinajstić information content (AvgIpc) is 2.90. The molecule has 3 aromatic carbocycles. The number of nitrogens with zero attached hydrogens (tertiary/aromatic N) is 15. The van der Waals surface area contributed by atoms with E-state index in [0.717, 1.165) is 50.3 Å². The number of anilines is 3. The van der Waals surface area contributed by atoms with Gasteiger partial charge in [0.25, 0.3) is 0 Å². The van der Waals surface area contributed by atoms with Crippen LogP contribution >= 0.6 is 7.82 Å². The zero-order chi connectivity index (χ0) is 60.9. The molecular formula is C57H57F3N21O4P.